The quantitative estimate of drug-likeness (QED) is 0.577. The average molecular weight is 372 g/mol. The minimum absolute atomic E-state index is 0.120. The second-order valence-electron chi connectivity index (χ2n) is 6.98. The van der Waals surface area contributed by atoms with E-state index in [4.69, 9.17) is 4.74 Å². The molecule has 2 aromatic rings. The van der Waals surface area contributed by atoms with Gasteiger partial charge >= 0.3 is 0 Å². The molecule has 2 aliphatic rings. The summed E-state index contributed by atoms with van der Waals surface area (Å²) in [5.74, 6) is 0.389. The predicted octanol–water partition coefficient (Wildman–Crippen LogP) is 3.10. The molecule has 1 aliphatic heterocycles. The second kappa shape index (κ2) is 7.72. The van der Waals surface area contributed by atoms with Gasteiger partial charge in [0.05, 0.1) is 35.6 Å². The molecule has 4 rings (SSSR count). The maximum atomic E-state index is 12.8. The summed E-state index contributed by atoms with van der Waals surface area (Å²) in [4.78, 5) is 19.2. The molecular weight excluding hydrogens is 348 g/mol. The average Bonchev–Trinajstić information content (AvgIpc) is 3.39. The zero-order valence-corrected chi connectivity index (χ0v) is 15.8. The van der Waals surface area contributed by atoms with E-state index in [1.165, 1.54) is 0 Å². The van der Waals surface area contributed by atoms with Gasteiger partial charge in [-0.2, -0.15) is 5.10 Å². The SMILES string of the molecule is Cc1nc(COCC[C@@H]2CN(C(=O)C3CC=CC3)Cc3ccnn32)cs1. The molecule has 0 aromatic carbocycles. The second-order valence-corrected chi connectivity index (χ2v) is 8.04. The molecule has 0 unspecified atom stereocenters. The Morgan fingerprint density at radius 1 is 1.38 bits per heavy atom. The third-order valence-corrected chi connectivity index (χ3v) is 5.89. The van der Waals surface area contributed by atoms with Gasteiger partial charge in [0.25, 0.3) is 0 Å². The number of thiazole rings is 1. The van der Waals surface area contributed by atoms with E-state index in [2.05, 4.69) is 26.9 Å². The number of nitrogens with zero attached hydrogens (tertiary/aromatic N) is 4. The number of allylic oxidation sites excluding steroid dienone is 2. The van der Waals surface area contributed by atoms with Crippen LogP contribution in [0.5, 0.6) is 0 Å². The first-order valence-electron chi connectivity index (χ1n) is 9.15. The van der Waals surface area contributed by atoms with Crippen LogP contribution in [0, 0.1) is 12.8 Å². The van der Waals surface area contributed by atoms with Gasteiger partial charge in [-0.05, 0) is 32.3 Å². The van der Waals surface area contributed by atoms with Crippen LogP contribution < -0.4 is 0 Å². The summed E-state index contributed by atoms with van der Waals surface area (Å²) in [6, 6.07) is 2.18. The Morgan fingerprint density at radius 2 is 2.23 bits per heavy atom. The van der Waals surface area contributed by atoms with Crippen molar-refractivity contribution in [2.45, 2.75) is 45.4 Å². The molecular formula is C19H24N4O2S. The van der Waals surface area contributed by atoms with Crippen molar-refractivity contribution in [1.82, 2.24) is 19.7 Å². The van der Waals surface area contributed by atoms with Crippen molar-refractivity contribution >= 4 is 17.2 Å². The maximum absolute atomic E-state index is 12.8. The minimum Gasteiger partial charge on any atom is -0.375 e. The number of hydrogen-bond acceptors (Lipinski definition) is 5. The lowest BCUT2D eigenvalue weighted by Gasteiger charge is -2.35. The molecule has 0 fully saturated rings. The lowest BCUT2D eigenvalue weighted by atomic mass is 10.0. The monoisotopic (exact) mass is 372 g/mol. The Morgan fingerprint density at radius 3 is 3.00 bits per heavy atom. The van der Waals surface area contributed by atoms with Gasteiger partial charge in [-0.25, -0.2) is 4.98 Å². The van der Waals surface area contributed by atoms with Crippen molar-refractivity contribution < 1.29 is 9.53 Å². The highest BCUT2D eigenvalue weighted by molar-refractivity contribution is 7.09. The minimum atomic E-state index is 0.120. The van der Waals surface area contributed by atoms with Crippen LogP contribution in [0.3, 0.4) is 0 Å². The van der Waals surface area contributed by atoms with E-state index in [0.29, 0.717) is 26.3 Å². The molecule has 1 amide bonds. The number of aromatic nitrogens is 3. The van der Waals surface area contributed by atoms with Crippen molar-refractivity contribution in [2.75, 3.05) is 13.2 Å². The van der Waals surface area contributed by atoms with Gasteiger partial charge in [-0.1, -0.05) is 12.2 Å². The fraction of sp³-hybridized carbons (Fsp3) is 0.526. The molecule has 1 aliphatic carbocycles. The number of amides is 1. The highest BCUT2D eigenvalue weighted by atomic mass is 32.1. The van der Waals surface area contributed by atoms with Gasteiger partial charge in [-0.3, -0.25) is 9.48 Å². The summed E-state index contributed by atoms with van der Waals surface area (Å²) in [6.07, 6.45) is 8.63. The van der Waals surface area contributed by atoms with Gasteiger partial charge in [-0.15, -0.1) is 11.3 Å². The fourth-order valence-electron chi connectivity index (χ4n) is 3.72. The van der Waals surface area contributed by atoms with Gasteiger partial charge in [0.15, 0.2) is 0 Å². The van der Waals surface area contributed by atoms with Gasteiger partial charge in [0.2, 0.25) is 5.91 Å². The molecule has 7 heteroatoms. The number of rotatable bonds is 6. The molecule has 0 bridgehead atoms. The zero-order chi connectivity index (χ0) is 17.9. The van der Waals surface area contributed by atoms with E-state index in [0.717, 1.165) is 35.7 Å². The third kappa shape index (κ3) is 3.73. The number of carbonyl (C=O) groups excluding carboxylic acids is 1. The van der Waals surface area contributed by atoms with Crippen molar-refractivity contribution in [3.63, 3.8) is 0 Å². The van der Waals surface area contributed by atoms with E-state index in [1.807, 2.05) is 29.5 Å². The number of carbonyl (C=O) groups is 1. The van der Waals surface area contributed by atoms with Gasteiger partial charge in [0, 0.05) is 30.6 Å². The number of aryl methyl sites for hydroxylation is 1. The number of fused-ring (bicyclic) bond motifs is 1. The molecule has 3 heterocycles. The molecule has 26 heavy (non-hydrogen) atoms. The molecule has 0 spiro atoms. The van der Waals surface area contributed by atoms with Crippen molar-refractivity contribution in [3.8, 4) is 0 Å². The lowest BCUT2D eigenvalue weighted by molar-refractivity contribution is -0.137. The fourth-order valence-corrected chi connectivity index (χ4v) is 4.31. The summed E-state index contributed by atoms with van der Waals surface area (Å²) in [6.45, 7) is 4.54. The van der Waals surface area contributed by atoms with E-state index < -0.39 is 0 Å². The standard InChI is InChI=1S/C19H24N4O2S/c1-14-21-16(13-26-14)12-25-9-7-18-11-22(10-17-6-8-20-23(17)18)19(24)15-4-2-3-5-15/h2-3,6,8,13,15,18H,4-5,7,9-12H2,1H3/t18-/m1/s1. The number of hydrogen-bond donors (Lipinski definition) is 0. The van der Waals surface area contributed by atoms with Crippen LogP contribution in [0.4, 0.5) is 0 Å². The highest BCUT2D eigenvalue weighted by Gasteiger charge is 2.32. The highest BCUT2D eigenvalue weighted by Crippen LogP contribution is 2.27. The van der Waals surface area contributed by atoms with Crippen molar-refractivity contribution in [2.24, 2.45) is 5.92 Å². The van der Waals surface area contributed by atoms with E-state index in [-0.39, 0.29) is 17.9 Å². The molecule has 0 saturated carbocycles. The maximum Gasteiger partial charge on any atom is 0.226 e. The Kier molecular flexibility index (Phi) is 5.17. The van der Waals surface area contributed by atoms with E-state index >= 15 is 0 Å². The van der Waals surface area contributed by atoms with Crippen molar-refractivity contribution in [1.29, 1.82) is 0 Å². The lowest BCUT2D eigenvalue weighted by Crippen LogP contribution is -2.43. The van der Waals surface area contributed by atoms with Crippen LogP contribution in [0.1, 0.15) is 41.7 Å². The largest absolute Gasteiger partial charge is 0.375 e. The van der Waals surface area contributed by atoms with E-state index in [9.17, 15) is 4.79 Å². The van der Waals surface area contributed by atoms with Crippen molar-refractivity contribution in [3.05, 3.63) is 46.2 Å². The zero-order valence-electron chi connectivity index (χ0n) is 15.0. The van der Waals surface area contributed by atoms with Gasteiger partial charge in [0.1, 0.15) is 0 Å². The molecule has 0 N–H and O–H groups in total. The Hall–Kier alpha value is -1.99. The summed E-state index contributed by atoms with van der Waals surface area (Å²) < 4.78 is 7.88. The molecule has 2 aromatic heterocycles. The van der Waals surface area contributed by atoms with Gasteiger partial charge < -0.3 is 9.64 Å². The molecule has 6 nitrogen and oxygen atoms in total. The molecule has 138 valence electrons. The van der Waals surface area contributed by atoms with E-state index in [1.54, 1.807) is 11.3 Å². The van der Waals surface area contributed by atoms with Crippen LogP contribution in [-0.4, -0.2) is 38.7 Å². The van der Waals surface area contributed by atoms with Crippen LogP contribution in [0.15, 0.2) is 29.8 Å². The summed E-state index contributed by atoms with van der Waals surface area (Å²) in [7, 11) is 0. The summed E-state index contributed by atoms with van der Waals surface area (Å²) in [5.41, 5.74) is 2.09. The topological polar surface area (TPSA) is 60.2 Å². The molecule has 1 atom stereocenters. The first-order chi connectivity index (χ1) is 12.7. The number of ether oxygens (including phenoxy) is 1. The van der Waals surface area contributed by atoms with Crippen LogP contribution in [-0.2, 0) is 22.7 Å². The van der Waals surface area contributed by atoms with Crippen LogP contribution in [0.25, 0.3) is 0 Å². The first-order valence-corrected chi connectivity index (χ1v) is 10.0. The third-order valence-electron chi connectivity index (χ3n) is 5.06. The normalized spacial score (nSPS) is 19.9. The predicted molar refractivity (Wildman–Crippen MR) is 99.7 cm³/mol. The molecule has 0 radical (unpaired) electrons. The Bertz CT molecular complexity index is 789. The Balaban J connectivity index is 1.34. The van der Waals surface area contributed by atoms with Crippen LogP contribution >= 0.6 is 11.3 Å². The summed E-state index contributed by atoms with van der Waals surface area (Å²) >= 11 is 1.64. The smallest absolute Gasteiger partial charge is 0.226 e. The summed E-state index contributed by atoms with van der Waals surface area (Å²) in [5, 5.41) is 7.57. The molecule has 0 saturated heterocycles. The Labute approximate surface area is 157 Å². The first kappa shape index (κ1) is 17.4. The van der Waals surface area contributed by atoms with Crippen LogP contribution in [0.2, 0.25) is 0 Å².